The van der Waals surface area contributed by atoms with Gasteiger partial charge < -0.3 is 0 Å². The lowest BCUT2D eigenvalue weighted by Crippen LogP contribution is -1.93. The van der Waals surface area contributed by atoms with Crippen LogP contribution < -0.4 is 0 Å². The van der Waals surface area contributed by atoms with E-state index in [0.29, 0.717) is 0 Å². The van der Waals surface area contributed by atoms with Gasteiger partial charge in [0, 0.05) is 16.2 Å². The summed E-state index contributed by atoms with van der Waals surface area (Å²) in [5.74, 6) is 0. The van der Waals surface area contributed by atoms with Gasteiger partial charge in [-0.05, 0) is 55.0 Å². The molecule has 1 aromatic carbocycles. The van der Waals surface area contributed by atoms with Gasteiger partial charge in [-0.25, -0.2) is 0 Å². The lowest BCUT2D eigenvalue weighted by atomic mass is 10.0. The van der Waals surface area contributed by atoms with Crippen LogP contribution in [0.15, 0.2) is 30.3 Å². The van der Waals surface area contributed by atoms with Gasteiger partial charge in [-0.15, -0.1) is 11.3 Å². The van der Waals surface area contributed by atoms with E-state index in [1.807, 2.05) is 11.3 Å². The van der Waals surface area contributed by atoms with E-state index in [0.717, 1.165) is 6.42 Å². The first-order valence-electron chi connectivity index (χ1n) is 5.98. The Morgan fingerprint density at radius 1 is 1.12 bits per heavy atom. The van der Waals surface area contributed by atoms with Gasteiger partial charge in [-0.1, -0.05) is 18.2 Å². The standard InChI is InChI=1S/C15H16S/c1-11-8-9-14(16-11)10-13-6-2-4-12-5-3-7-15(12)13/h2,4,6,8-9H,3,5,7,10H2,1H3. The summed E-state index contributed by atoms with van der Waals surface area (Å²) in [7, 11) is 0. The summed E-state index contributed by atoms with van der Waals surface area (Å²) in [6.45, 7) is 2.18. The van der Waals surface area contributed by atoms with Crippen molar-refractivity contribution in [3.63, 3.8) is 0 Å². The largest absolute Gasteiger partial charge is 0.145 e. The van der Waals surface area contributed by atoms with Crippen molar-refractivity contribution in [3.8, 4) is 0 Å². The molecule has 0 aliphatic heterocycles. The second kappa shape index (κ2) is 4.06. The van der Waals surface area contributed by atoms with Gasteiger partial charge in [-0.2, -0.15) is 0 Å². The molecule has 16 heavy (non-hydrogen) atoms. The van der Waals surface area contributed by atoms with E-state index >= 15 is 0 Å². The zero-order valence-electron chi connectivity index (χ0n) is 9.62. The van der Waals surface area contributed by atoms with E-state index < -0.39 is 0 Å². The molecule has 0 spiro atoms. The number of fused-ring (bicyclic) bond motifs is 1. The zero-order valence-corrected chi connectivity index (χ0v) is 10.4. The highest BCUT2D eigenvalue weighted by atomic mass is 32.1. The second-order valence-corrected chi connectivity index (χ2v) is 5.97. The summed E-state index contributed by atoms with van der Waals surface area (Å²) >= 11 is 1.93. The molecule has 0 N–H and O–H groups in total. The number of hydrogen-bond donors (Lipinski definition) is 0. The number of rotatable bonds is 2. The van der Waals surface area contributed by atoms with Crippen LogP contribution in [0.3, 0.4) is 0 Å². The molecule has 1 heterocycles. The lowest BCUT2D eigenvalue weighted by molar-refractivity contribution is 0.907. The lowest BCUT2D eigenvalue weighted by Gasteiger charge is -2.06. The molecule has 1 aliphatic rings. The zero-order chi connectivity index (χ0) is 11.0. The highest BCUT2D eigenvalue weighted by Gasteiger charge is 2.14. The van der Waals surface area contributed by atoms with Crippen molar-refractivity contribution in [1.29, 1.82) is 0 Å². The van der Waals surface area contributed by atoms with Gasteiger partial charge in [-0.3, -0.25) is 0 Å². The highest BCUT2D eigenvalue weighted by Crippen LogP contribution is 2.28. The van der Waals surface area contributed by atoms with Gasteiger partial charge in [0.05, 0.1) is 0 Å². The predicted octanol–water partition coefficient (Wildman–Crippen LogP) is 4.14. The number of aryl methyl sites for hydroxylation is 2. The average molecular weight is 228 g/mol. The van der Waals surface area contributed by atoms with Crippen LogP contribution in [0.25, 0.3) is 0 Å². The number of thiophene rings is 1. The Balaban J connectivity index is 1.93. The third kappa shape index (κ3) is 1.80. The summed E-state index contributed by atoms with van der Waals surface area (Å²) < 4.78 is 0. The molecule has 0 atom stereocenters. The molecule has 1 aliphatic carbocycles. The van der Waals surface area contributed by atoms with E-state index in [2.05, 4.69) is 37.3 Å². The molecule has 1 heteroatoms. The third-order valence-corrected chi connectivity index (χ3v) is 4.40. The molecule has 0 saturated carbocycles. The van der Waals surface area contributed by atoms with Gasteiger partial charge in [0.15, 0.2) is 0 Å². The van der Waals surface area contributed by atoms with Crippen LogP contribution in [0.1, 0.15) is 32.9 Å². The van der Waals surface area contributed by atoms with Crippen molar-refractivity contribution in [1.82, 2.24) is 0 Å². The molecule has 0 nitrogen and oxygen atoms in total. The van der Waals surface area contributed by atoms with Crippen LogP contribution in [-0.4, -0.2) is 0 Å². The quantitative estimate of drug-likeness (QED) is 0.725. The maximum Gasteiger partial charge on any atom is 0.00919 e. The Morgan fingerprint density at radius 2 is 2.06 bits per heavy atom. The first kappa shape index (κ1) is 10.1. The fraction of sp³-hybridized carbons (Fsp3) is 0.333. The fourth-order valence-electron chi connectivity index (χ4n) is 2.63. The average Bonchev–Trinajstić information content (AvgIpc) is 2.87. The summed E-state index contributed by atoms with van der Waals surface area (Å²) in [6, 6.07) is 11.3. The van der Waals surface area contributed by atoms with Crippen LogP contribution >= 0.6 is 11.3 Å². The van der Waals surface area contributed by atoms with E-state index in [9.17, 15) is 0 Å². The van der Waals surface area contributed by atoms with Gasteiger partial charge in [0.2, 0.25) is 0 Å². The van der Waals surface area contributed by atoms with Crippen LogP contribution in [0, 0.1) is 6.92 Å². The Morgan fingerprint density at radius 3 is 2.88 bits per heavy atom. The molecule has 0 bridgehead atoms. The molecule has 0 fully saturated rings. The predicted molar refractivity (Wildman–Crippen MR) is 70.3 cm³/mol. The summed E-state index contributed by atoms with van der Waals surface area (Å²) in [4.78, 5) is 2.92. The minimum atomic E-state index is 1.13. The van der Waals surface area contributed by atoms with Crippen molar-refractivity contribution in [3.05, 3.63) is 56.8 Å². The van der Waals surface area contributed by atoms with Crippen molar-refractivity contribution >= 4 is 11.3 Å². The SMILES string of the molecule is Cc1ccc(Cc2cccc3c2CCC3)s1. The second-order valence-electron chi connectivity index (χ2n) is 4.60. The molecule has 2 aromatic rings. The minimum Gasteiger partial charge on any atom is -0.145 e. The summed E-state index contributed by atoms with van der Waals surface area (Å²) in [6.07, 6.45) is 5.04. The first-order valence-corrected chi connectivity index (χ1v) is 6.79. The Labute approximate surface area is 101 Å². The van der Waals surface area contributed by atoms with Crippen molar-refractivity contribution < 1.29 is 0 Å². The number of hydrogen-bond acceptors (Lipinski definition) is 1. The molecular weight excluding hydrogens is 212 g/mol. The monoisotopic (exact) mass is 228 g/mol. The maximum absolute atomic E-state index is 2.30. The fourth-order valence-corrected chi connectivity index (χ4v) is 3.55. The molecule has 0 amide bonds. The van der Waals surface area contributed by atoms with Crippen molar-refractivity contribution in [2.45, 2.75) is 32.6 Å². The molecule has 0 saturated heterocycles. The molecule has 1 aromatic heterocycles. The van der Waals surface area contributed by atoms with Gasteiger partial charge in [0.1, 0.15) is 0 Å². The topological polar surface area (TPSA) is 0 Å². The van der Waals surface area contributed by atoms with Crippen LogP contribution in [-0.2, 0) is 19.3 Å². The third-order valence-electron chi connectivity index (χ3n) is 3.40. The highest BCUT2D eigenvalue weighted by molar-refractivity contribution is 7.11. The maximum atomic E-state index is 2.30. The normalized spacial score (nSPS) is 14.1. The molecular formula is C15H16S. The van der Waals surface area contributed by atoms with E-state index in [1.54, 1.807) is 16.7 Å². The minimum absolute atomic E-state index is 1.13. The van der Waals surface area contributed by atoms with Crippen molar-refractivity contribution in [2.24, 2.45) is 0 Å². The summed E-state index contributed by atoms with van der Waals surface area (Å²) in [5.41, 5.74) is 4.77. The Hall–Kier alpha value is -1.08. The summed E-state index contributed by atoms with van der Waals surface area (Å²) in [5, 5.41) is 0. The van der Waals surface area contributed by atoms with Gasteiger partial charge >= 0.3 is 0 Å². The van der Waals surface area contributed by atoms with Crippen LogP contribution in [0.2, 0.25) is 0 Å². The van der Waals surface area contributed by atoms with E-state index in [1.165, 1.54) is 29.0 Å². The first-order chi connectivity index (χ1) is 7.83. The van der Waals surface area contributed by atoms with E-state index in [-0.39, 0.29) is 0 Å². The van der Waals surface area contributed by atoms with E-state index in [4.69, 9.17) is 0 Å². The van der Waals surface area contributed by atoms with Crippen LogP contribution in [0.4, 0.5) is 0 Å². The molecule has 0 radical (unpaired) electrons. The molecule has 82 valence electrons. The van der Waals surface area contributed by atoms with Gasteiger partial charge in [0.25, 0.3) is 0 Å². The smallest absolute Gasteiger partial charge is 0.00919 e. The molecule has 3 rings (SSSR count). The Bertz CT molecular complexity index is 508. The van der Waals surface area contributed by atoms with Crippen molar-refractivity contribution in [2.75, 3.05) is 0 Å². The Kier molecular flexibility index (Phi) is 2.56. The van der Waals surface area contributed by atoms with Crippen LogP contribution in [0.5, 0.6) is 0 Å². The number of benzene rings is 1. The molecule has 0 unspecified atom stereocenters.